The standard InChI is InChI=1S/C12H15NO2S/c1-3-10-5-6-11(16-10)7-9(8-13)12(14)15-4-2/h5-6,9H,3-4,7H2,1-2H3. The Kier molecular flexibility index (Phi) is 5.00. The van der Waals surface area contributed by atoms with Crippen molar-refractivity contribution in [3.05, 3.63) is 21.9 Å². The third-order valence-corrected chi connectivity index (χ3v) is 3.45. The topological polar surface area (TPSA) is 50.1 Å². The SMILES string of the molecule is CCOC(=O)C(C#N)Cc1ccc(CC)s1. The lowest BCUT2D eigenvalue weighted by molar-refractivity contribution is -0.145. The average Bonchev–Trinajstić information content (AvgIpc) is 2.73. The van der Waals surface area contributed by atoms with Crippen molar-refractivity contribution in [3.8, 4) is 6.07 Å². The van der Waals surface area contributed by atoms with Crippen molar-refractivity contribution in [1.29, 1.82) is 5.26 Å². The summed E-state index contributed by atoms with van der Waals surface area (Å²) < 4.78 is 4.84. The Balaban J connectivity index is 2.63. The van der Waals surface area contributed by atoms with Gasteiger partial charge in [0, 0.05) is 16.2 Å². The number of thiophene rings is 1. The zero-order valence-electron chi connectivity index (χ0n) is 9.53. The Morgan fingerprint density at radius 1 is 1.50 bits per heavy atom. The van der Waals surface area contributed by atoms with Gasteiger partial charge in [-0.2, -0.15) is 5.26 Å². The minimum atomic E-state index is -0.677. The Labute approximate surface area is 99.7 Å². The maximum Gasteiger partial charge on any atom is 0.323 e. The summed E-state index contributed by atoms with van der Waals surface area (Å²) in [5.74, 6) is -1.10. The molecule has 1 aromatic rings. The van der Waals surface area contributed by atoms with E-state index in [1.165, 1.54) is 4.88 Å². The van der Waals surface area contributed by atoms with Gasteiger partial charge in [-0.05, 0) is 25.5 Å². The first kappa shape index (κ1) is 12.7. The second-order valence-electron chi connectivity index (χ2n) is 3.36. The molecule has 0 saturated carbocycles. The van der Waals surface area contributed by atoms with Crippen molar-refractivity contribution in [2.75, 3.05) is 6.61 Å². The minimum absolute atomic E-state index is 0.321. The van der Waals surface area contributed by atoms with Gasteiger partial charge in [-0.3, -0.25) is 4.79 Å². The molecule has 0 aromatic carbocycles. The molecule has 86 valence electrons. The molecule has 16 heavy (non-hydrogen) atoms. The number of carbonyl (C=O) groups excluding carboxylic acids is 1. The summed E-state index contributed by atoms with van der Waals surface area (Å²) in [6.45, 7) is 4.15. The number of nitriles is 1. The van der Waals surface area contributed by atoms with Gasteiger partial charge < -0.3 is 4.74 Å². The van der Waals surface area contributed by atoms with Crippen LogP contribution in [0.4, 0.5) is 0 Å². The second-order valence-corrected chi connectivity index (χ2v) is 4.61. The Morgan fingerprint density at radius 3 is 2.69 bits per heavy atom. The summed E-state index contributed by atoms with van der Waals surface area (Å²) in [5.41, 5.74) is 0. The van der Waals surface area contributed by atoms with Crippen LogP contribution in [0, 0.1) is 17.2 Å². The van der Waals surface area contributed by atoms with Crippen molar-refractivity contribution < 1.29 is 9.53 Å². The first-order chi connectivity index (χ1) is 7.71. The molecule has 1 aromatic heterocycles. The molecule has 0 saturated heterocycles. The number of esters is 1. The van der Waals surface area contributed by atoms with E-state index in [2.05, 4.69) is 6.92 Å². The maximum atomic E-state index is 11.4. The van der Waals surface area contributed by atoms with Gasteiger partial charge in [0.1, 0.15) is 5.92 Å². The fraction of sp³-hybridized carbons (Fsp3) is 0.500. The number of aryl methyl sites for hydroxylation is 1. The molecule has 0 aliphatic heterocycles. The van der Waals surface area contributed by atoms with Gasteiger partial charge in [0.15, 0.2) is 0 Å². The van der Waals surface area contributed by atoms with Crippen molar-refractivity contribution in [2.45, 2.75) is 26.7 Å². The highest BCUT2D eigenvalue weighted by Crippen LogP contribution is 2.20. The fourth-order valence-electron chi connectivity index (χ4n) is 1.35. The summed E-state index contributed by atoms with van der Waals surface area (Å²) >= 11 is 1.65. The number of carbonyl (C=O) groups is 1. The van der Waals surface area contributed by atoms with Crippen molar-refractivity contribution in [3.63, 3.8) is 0 Å². The van der Waals surface area contributed by atoms with Crippen LogP contribution in [0.3, 0.4) is 0 Å². The second kappa shape index (κ2) is 6.29. The van der Waals surface area contributed by atoms with Crippen LogP contribution >= 0.6 is 11.3 Å². The van der Waals surface area contributed by atoms with Crippen LogP contribution < -0.4 is 0 Å². The fourth-order valence-corrected chi connectivity index (χ4v) is 2.35. The van der Waals surface area contributed by atoms with Gasteiger partial charge in [-0.15, -0.1) is 11.3 Å². The van der Waals surface area contributed by atoms with Crippen LogP contribution in [0.25, 0.3) is 0 Å². The Morgan fingerprint density at radius 2 is 2.19 bits per heavy atom. The maximum absolute atomic E-state index is 11.4. The van der Waals surface area contributed by atoms with E-state index in [1.807, 2.05) is 18.2 Å². The van der Waals surface area contributed by atoms with Crippen LogP contribution in [-0.2, 0) is 22.4 Å². The molecule has 0 fully saturated rings. The predicted molar refractivity (Wildman–Crippen MR) is 63.1 cm³/mol. The molecule has 1 heterocycles. The summed E-state index contributed by atoms with van der Waals surface area (Å²) in [4.78, 5) is 13.8. The van der Waals surface area contributed by atoms with Gasteiger partial charge in [-0.25, -0.2) is 0 Å². The molecule has 0 N–H and O–H groups in total. The summed E-state index contributed by atoms with van der Waals surface area (Å²) in [6.07, 6.45) is 1.45. The minimum Gasteiger partial charge on any atom is -0.465 e. The quantitative estimate of drug-likeness (QED) is 0.739. The summed E-state index contributed by atoms with van der Waals surface area (Å²) in [5, 5.41) is 8.90. The van der Waals surface area contributed by atoms with Crippen molar-refractivity contribution >= 4 is 17.3 Å². The molecule has 0 amide bonds. The third-order valence-electron chi connectivity index (χ3n) is 2.20. The first-order valence-corrected chi connectivity index (χ1v) is 6.16. The zero-order chi connectivity index (χ0) is 12.0. The predicted octanol–water partition coefficient (Wildman–Crippen LogP) is 2.56. The van der Waals surface area contributed by atoms with Crippen LogP contribution in [0.2, 0.25) is 0 Å². The monoisotopic (exact) mass is 237 g/mol. The van der Waals surface area contributed by atoms with Gasteiger partial charge >= 0.3 is 5.97 Å². The molecular formula is C12H15NO2S. The Hall–Kier alpha value is -1.34. The van der Waals surface area contributed by atoms with Crippen LogP contribution in [0.5, 0.6) is 0 Å². The smallest absolute Gasteiger partial charge is 0.323 e. The van der Waals surface area contributed by atoms with Crippen molar-refractivity contribution in [1.82, 2.24) is 0 Å². The normalized spacial score (nSPS) is 11.8. The van der Waals surface area contributed by atoms with Crippen molar-refractivity contribution in [2.24, 2.45) is 5.92 Å². The van der Waals surface area contributed by atoms with E-state index >= 15 is 0 Å². The molecular weight excluding hydrogens is 222 g/mol. The lowest BCUT2D eigenvalue weighted by Crippen LogP contribution is -2.17. The van der Waals surface area contributed by atoms with E-state index in [9.17, 15) is 4.79 Å². The number of rotatable bonds is 5. The van der Waals surface area contributed by atoms with E-state index in [0.29, 0.717) is 13.0 Å². The van der Waals surface area contributed by atoms with Crippen LogP contribution in [-0.4, -0.2) is 12.6 Å². The molecule has 1 rings (SSSR count). The van der Waals surface area contributed by atoms with Crippen LogP contribution in [0.15, 0.2) is 12.1 Å². The first-order valence-electron chi connectivity index (χ1n) is 5.35. The molecule has 1 atom stereocenters. The summed E-state index contributed by atoms with van der Waals surface area (Å²) in [7, 11) is 0. The van der Waals surface area contributed by atoms with E-state index in [-0.39, 0.29) is 0 Å². The van der Waals surface area contributed by atoms with E-state index in [4.69, 9.17) is 10.00 Å². The lowest BCUT2D eigenvalue weighted by Gasteiger charge is -2.06. The highest BCUT2D eigenvalue weighted by Gasteiger charge is 2.20. The highest BCUT2D eigenvalue weighted by atomic mass is 32.1. The number of hydrogen-bond donors (Lipinski definition) is 0. The van der Waals surface area contributed by atoms with E-state index < -0.39 is 11.9 Å². The zero-order valence-corrected chi connectivity index (χ0v) is 10.3. The van der Waals surface area contributed by atoms with E-state index in [0.717, 1.165) is 11.3 Å². The molecule has 0 radical (unpaired) electrons. The van der Waals surface area contributed by atoms with Gasteiger partial charge in [-0.1, -0.05) is 6.92 Å². The summed E-state index contributed by atoms with van der Waals surface area (Å²) in [6, 6.07) is 6.02. The number of ether oxygens (including phenoxy) is 1. The molecule has 3 nitrogen and oxygen atoms in total. The molecule has 0 bridgehead atoms. The number of nitrogens with zero attached hydrogens (tertiary/aromatic N) is 1. The van der Waals surface area contributed by atoms with Crippen LogP contribution in [0.1, 0.15) is 23.6 Å². The highest BCUT2D eigenvalue weighted by molar-refractivity contribution is 7.12. The number of hydrogen-bond acceptors (Lipinski definition) is 4. The van der Waals surface area contributed by atoms with Gasteiger partial charge in [0.2, 0.25) is 0 Å². The van der Waals surface area contributed by atoms with Gasteiger partial charge in [0.25, 0.3) is 0 Å². The molecule has 4 heteroatoms. The largest absolute Gasteiger partial charge is 0.465 e. The molecule has 0 aliphatic rings. The molecule has 0 spiro atoms. The molecule has 1 unspecified atom stereocenters. The third kappa shape index (κ3) is 3.35. The lowest BCUT2D eigenvalue weighted by atomic mass is 10.1. The molecule has 0 aliphatic carbocycles. The van der Waals surface area contributed by atoms with E-state index in [1.54, 1.807) is 18.3 Å². The average molecular weight is 237 g/mol. The van der Waals surface area contributed by atoms with Gasteiger partial charge in [0.05, 0.1) is 12.7 Å². The Bertz CT molecular complexity index is 392.